The zero-order chi connectivity index (χ0) is 9.94. The predicted molar refractivity (Wildman–Crippen MR) is 40.8 cm³/mol. The van der Waals surface area contributed by atoms with Crippen molar-refractivity contribution < 1.29 is 24.5 Å². The fourth-order valence-corrected chi connectivity index (χ4v) is 1.10. The molecule has 7 N–H and O–H groups in total. The molecule has 0 spiro atoms. The molecule has 0 heterocycles. The molecule has 0 aromatic heterocycles. The van der Waals surface area contributed by atoms with Gasteiger partial charge >= 0.3 is 19.4 Å². The van der Waals surface area contributed by atoms with E-state index in [1.165, 1.54) is 0 Å². The van der Waals surface area contributed by atoms with Crippen molar-refractivity contribution in [3.8, 4) is 0 Å². The molecule has 0 unspecified atom stereocenters. The van der Waals surface area contributed by atoms with Crippen LogP contribution in [0.15, 0.2) is 0 Å². The maximum Gasteiger partial charge on any atom is 0.412 e. The molecule has 0 aliphatic rings. The van der Waals surface area contributed by atoms with E-state index in [9.17, 15) is 9.59 Å². The zero-order valence-electron chi connectivity index (χ0n) is 6.04. The standard InChI is InChI=1S/C4H9N2O5P/c5-2(1-3(7)8)4(9)12(6,10)11/h2,10-11H,1,5-6H2/p+1/t2-/m0/s1. The van der Waals surface area contributed by atoms with Gasteiger partial charge in [0.15, 0.2) is 0 Å². The minimum Gasteiger partial charge on any atom is -0.481 e. The highest BCUT2D eigenvalue weighted by Gasteiger charge is 2.44. The molecule has 1 atom stereocenters. The summed E-state index contributed by atoms with van der Waals surface area (Å²) in [5.41, 5.74) is 8.44. The largest absolute Gasteiger partial charge is 0.481 e. The Morgan fingerprint density at radius 1 is 1.42 bits per heavy atom. The Labute approximate surface area is 68.5 Å². The lowest BCUT2D eigenvalue weighted by molar-refractivity contribution is -0.138. The molecule has 0 saturated carbocycles. The lowest BCUT2D eigenvalue weighted by Crippen LogP contribution is -2.36. The van der Waals surface area contributed by atoms with Gasteiger partial charge in [-0.2, -0.15) is 9.79 Å². The molecule has 70 valence electrons. The van der Waals surface area contributed by atoms with Crippen molar-refractivity contribution in [3.63, 3.8) is 0 Å². The number of hydrogen-bond acceptors (Lipinski definition) is 6. The minimum atomic E-state index is -4.15. The lowest BCUT2D eigenvalue weighted by Gasteiger charge is -2.07. The average molecular weight is 197 g/mol. The Balaban J connectivity index is 4.21. The van der Waals surface area contributed by atoms with Gasteiger partial charge in [0.25, 0.3) is 0 Å². The lowest BCUT2D eigenvalue weighted by atomic mass is 10.2. The second-order valence-corrected chi connectivity index (χ2v) is 3.93. The van der Waals surface area contributed by atoms with Crippen molar-refractivity contribution in [1.82, 2.24) is 0 Å². The van der Waals surface area contributed by atoms with Crippen LogP contribution < -0.4 is 11.2 Å². The molecule has 0 bridgehead atoms. The topological polar surface area (TPSA) is 147 Å². The summed E-state index contributed by atoms with van der Waals surface area (Å²) >= 11 is 0. The molecule has 0 aromatic rings. The van der Waals surface area contributed by atoms with Gasteiger partial charge in [0.2, 0.25) is 0 Å². The van der Waals surface area contributed by atoms with Gasteiger partial charge in [-0.1, -0.05) is 0 Å². The Morgan fingerprint density at radius 2 is 1.83 bits per heavy atom. The van der Waals surface area contributed by atoms with E-state index in [-0.39, 0.29) is 0 Å². The van der Waals surface area contributed by atoms with Gasteiger partial charge in [-0.3, -0.25) is 4.79 Å². The molecule has 12 heavy (non-hydrogen) atoms. The van der Waals surface area contributed by atoms with Crippen LogP contribution in [-0.2, 0) is 9.59 Å². The van der Waals surface area contributed by atoms with Crippen LogP contribution in [0, 0.1) is 0 Å². The monoisotopic (exact) mass is 197 g/mol. The fourth-order valence-electron chi connectivity index (χ4n) is 0.519. The Hall–Kier alpha value is -0.590. The van der Waals surface area contributed by atoms with Crippen molar-refractivity contribution in [2.45, 2.75) is 12.5 Å². The maximum absolute atomic E-state index is 10.7. The van der Waals surface area contributed by atoms with E-state index in [4.69, 9.17) is 20.6 Å². The number of rotatable bonds is 4. The number of carbonyl (C=O) groups is 2. The molecule has 0 radical (unpaired) electrons. The molecule has 0 amide bonds. The number of carboxylic acid groups (broad SMARTS) is 1. The third-order valence-electron chi connectivity index (χ3n) is 1.04. The zero-order valence-corrected chi connectivity index (χ0v) is 6.94. The molecule has 0 aromatic carbocycles. The summed E-state index contributed by atoms with van der Waals surface area (Å²) in [6.45, 7) is 0. The highest BCUT2D eigenvalue weighted by atomic mass is 31.2. The van der Waals surface area contributed by atoms with E-state index in [1.807, 2.05) is 0 Å². The van der Waals surface area contributed by atoms with Crippen LogP contribution in [0.3, 0.4) is 0 Å². The molecule has 0 aliphatic carbocycles. The van der Waals surface area contributed by atoms with Crippen molar-refractivity contribution >= 4 is 19.4 Å². The highest BCUT2D eigenvalue weighted by molar-refractivity contribution is 7.79. The van der Waals surface area contributed by atoms with Crippen LogP contribution in [0.25, 0.3) is 0 Å². The van der Waals surface area contributed by atoms with Gasteiger partial charge in [-0.05, 0) is 0 Å². The summed E-state index contributed by atoms with van der Waals surface area (Å²) in [5, 5.41) is 8.17. The van der Waals surface area contributed by atoms with Crippen LogP contribution in [0.1, 0.15) is 6.42 Å². The van der Waals surface area contributed by atoms with E-state index in [0.717, 1.165) is 0 Å². The molecular weight excluding hydrogens is 187 g/mol. The van der Waals surface area contributed by atoms with Gasteiger partial charge in [-0.15, -0.1) is 5.50 Å². The second-order valence-electron chi connectivity index (χ2n) is 2.19. The summed E-state index contributed by atoms with van der Waals surface area (Å²) < 4.78 is 0. The SMILES string of the molecule is N[C@@H](CC(=O)O)C(=O)[P+](N)(O)O. The first-order valence-corrected chi connectivity index (χ1v) is 4.66. The van der Waals surface area contributed by atoms with E-state index in [0.29, 0.717) is 0 Å². The van der Waals surface area contributed by atoms with Gasteiger partial charge in [0.1, 0.15) is 6.04 Å². The Kier molecular flexibility index (Phi) is 3.69. The molecule has 0 saturated heterocycles. The second kappa shape index (κ2) is 3.88. The van der Waals surface area contributed by atoms with Gasteiger partial charge in [0.05, 0.1) is 6.42 Å². The molecule has 0 aliphatic heterocycles. The molecule has 7 nitrogen and oxygen atoms in total. The van der Waals surface area contributed by atoms with Crippen molar-refractivity contribution in [1.29, 1.82) is 0 Å². The van der Waals surface area contributed by atoms with Crippen LogP contribution in [0.5, 0.6) is 0 Å². The van der Waals surface area contributed by atoms with Crippen LogP contribution in [0.2, 0.25) is 0 Å². The number of hydrogen-bond donors (Lipinski definition) is 5. The van der Waals surface area contributed by atoms with Crippen molar-refractivity contribution in [2.24, 2.45) is 11.2 Å². The van der Waals surface area contributed by atoms with Gasteiger partial charge in [0, 0.05) is 0 Å². The van der Waals surface area contributed by atoms with E-state index < -0.39 is 31.8 Å². The maximum atomic E-state index is 10.7. The quantitative estimate of drug-likeness (QED) is 0.328. The number of carbonyl (C=O) groups excluding carboxylic acids is 1. The highest BCUT2D eigenvalue weighted by Crippen LogP contribution is 2.41. The normalized spacial score (nSPS) is 14.0. The van der Waals surface area contributed by atoms with E-state index in [2.05, 4.69) is 5.50 Å². The molecule has 0 fully saturated rings. The van der Waals surface area contributed by atoms with Gasteiger partial charge in [-0.25, -0.2) is 4.79 Å². The van der Waals surface area contributed by atoms with Gasteiger partial charge < -0.3 is 10.8 Å². The fraction of sp³-hybridized carbons (Fsp3) is 0.500. The van der Waals surface area contributed by atoms with Crippen LogP contribution in [-0.4, -0.2) is 32.4 Å². The van der Waals surface area contributed by atoms with Crippen LogP contribution >= 0.6 is 7.87 Å². The summed E-state index contributed by atoms with van der Waals surface area (Å²) in [6.07, 6.45) is -0.668. The molecule has 0 rings (SSSR count). The summed E-state index contributed by atoms with van der Waals surface area (Å²) in [5.74, 6) is -1.30. The molecule has 8 heteroatoms. The molecular formula is C4H10N2O5P+. The minimum absolute atomic E-state index is 0.668. The van der Waals surface area contributed by atoms with Crippen LogP contribution in [0.4, 0.5) is 0 Å². The Morgan fingerprint density at radius 3 is 2.08 bits per heavy atom. The first-order valence-electron chi connectivity index (χ1n) is 2.90. The third kappa shape index (κ3) is 3.70. The van der Waals surface area contributed by atoms with E-state index in [1.54, 1.807) is 0 Å². The Bertz CT molecular complexity index is 200. The number of aliphatic carboxylic acids is 1. The predicted octanol–water partition coefficient (Wildman–Crippen LogP) is -1.98. The summed E-state index contributed by atoms with van der Waals surface area (Å²) in [6, 6.07) is -1.46. The number of carboxylic acids is 1. The van der Waals surface area contributed by atoms with Crippen molar-refractivity contribution in [3.05, 3.63) is 0 Å². The first-order chi connectivity index (χ1) is 5.25. The summed E-state index contributed by atoms with van der Waals surface area (Å²) in [4.78, 5) is 37.9. The van der Waals surface area contributed by atoms with Crippen molar-refractivity contribution in [2.75, 3.05) is 0 Å². The summed E-state index contributed by atoms with van der Waals surface area (Å²) in [7, 11) is -4.15. The van der Waals surface area contributed by atoms with E-state index >= 15 is 0 Å². The average Bonchev–Trinajstić information content (AvgIpc) is 1.82. The first kappa shape index (κ1) is 11.4. The third-order valence-corrected chi connectivity index (χ3v) is 2.02. The number of nitrogens with two attached hydrogens (primary N) is 2. The smallest absolute Gasteiger partial charge is 0.412 e.